The number of rotatable bonds is 2. The summed E-state index contributed by atoms with van der Waals surface area (Å²) in [6.07, 6.45) is -1.76. The molecule has 0 bridgehead atoms. The van der Waals surface area contributed by atoms with Crippen molar-refractivity contribution in [2.75, 3.05) is 5.32 Å². The summed E-state index contributed by atoms with van der Waals surface area (Å²) in [7, 11) is 1.74. The first-order valence-corrected chi connectivity index (χ1v) is 9.99. The Morgan fingerprint density at radius 3 is 2.64 bits per heavy atom. The molecule has 0 saturated carbocycles. The number of anilines is 1. The van der Waals surface area contributed by atoms with Gasteiger partial charge in [-0.15, -0.1) is 5.10 Å². The highest BCUT2D eigenvalue weighted by molar-refractivity contribution is 5.88. The Labute approximate surface area is 182 Å². The van der Waals surface area contributed by atoms with Crippen molar-refractivity contribution in [3.05, 3.63) is 54.2 Å². The number of halogens is 4. The zero-order chi connectivity index (χ0) is 22.9. The third kappa shape index (κ3) is 3.10. The fraction of sp³-hybridized carbons (Fsp3) is 0.250. The lowest BCUT2D eigenvalue weighted by molar-refractivity contribution is -0.173. The van der Waals surface area contributed by atoms with Crippen LogP contribution in [0.4, 0.5) is 23.4 Å². The smallest absolute Gasteiger partial charge is 0.363 e. The van der Waals surface area contributed by atoms with E-state index in [1.165, 1.54) is 41.2 Å². The average Bonchev–Trinajstić information content (AvgIpc) is 3.48. The van der Waals surface area contributed by atoms with Crippen LogP contribution in [0.3, 0.4) is 0 Å². The van der Waals surface area contributed by atoms with E-state index in [9.17, 15) is 17.6 Å². The third-order valence-corrected chi connectivity index (χ3v) is 5.76. The van der Waals surface area contributed by atoms with Gasteiger partial charge in [-0.25, -0.2) is 23.6 Å². The fourth-order valence-corrected chi connectivity index (χ4v) is 4.14. The van der Waals surface area contributed by atoms with Crippen molar-refractivity contribution in [1.82, 2.24) is 39.1 Å². The van der Waals surface area contributed by atoms with Crippen molar-refractivity contribution in [2.24, 2.45) is 7.05 Å². The molecule has 0 spiro atoms. The Hall–Kier alpha value is -4.03. The van der Waals surface area contributed by atoms with E-state index in [4.69, 9.17) is 0 Å². The minimum Gasteiger partial charge on any atom is -0.363 e. The molecule has 1 N–H and O–H groups in total. The van der Waals surface area contributed by atoms with E-state index in [2.05, 4.69) is 30.6 Å². The van der Waals surface area contributed by atoms with Gasteiger partial charge in [0.25, 0.3) is 0 Å². The second kappa shape index (κ2) is 6.73. The van der Waals surface area contributed by atoms with E-state index in [1.54, 1.807) is 17.9 Å². The quantitative estimate of drug-likeness (QED) is 0.407. The summed E-state index contributed by atoms with van der Waals surface area (Å²) < 4.78 is 59.0. The average molecular weight is 457 g/mol. The van der Waals surface area contributed by atoms with Crippen LogP contribution in [0.25, 0.3) is 28.2 Å². The van der Waals surface area contributed by atoms with Crippen molar-refractivity contribution in [2.45, 2.75) is 24.7 Å². The van der Waals surface area contributed by atoms with Gasteiger partial charge >= 0.3 is 6.18 Å². The Bertz CT molecular complexity index is 1500. The molecule has 0 fully saturated rings. The molecule has 0 radical (unpaired) electrons. The van der Waals surface area contributed by atoms with Gasteiger partial charge in [0.05, 0.1) is 17.6 Å². The highest BCUT2D eigenvalue weighted by atomic mass is 19.4. The predicted octanol–water partition coefficient (Wildman–Crippen LogP) is 3.67. The number of alkyl halides is 3. The Morgan fingerprint density at radius 1 is 1.09 bits per heavy atom. The molecule has 2 atom stereocenters. The summed E-state index contributed by atoms with van der Waals surface area (Å²) >= 11 is 0. The minimum absolute atomic E-state index is 0.163. The van der Waals surface area contributed by atoms with Crippen LogP contribution in [0.15, 0.2) is 42.9 Å². The SMILES string of the molecule is Cn1ncc2c1ncn1nc(-c3cc4n(n3)C(C(F)(F)F)CC(c3ccc(F)cc3)N4)nc21. The van der Waals surface area contributed by atoms with Crippen LogP contribution >= 0.6 is 0 Å². The van der Waals surface area contributed by atoms with E-state index in [-0.39, 0.29) is 23.8 Å². The molecule has 13 heteroatoms. The van der Waals surface area contributed by atoms with Gasteiger partial charge in [-0.1, -0.05) is 12.1 Å². The van der Waals surface area contributed by atoms with Crippen LogP contribution in [0.1, 0.15) is 24.1 Å². The highest BCUT2D eigenvalue weighted by Crippen LogP contribution is 2.44. The molecule has 1 aliphatic heterocycles. The molecule has 0 saturated heterocycles. The van der Waals surface area contributed by atoms with E-state index in [0.29, 0.717) is 22.2 Å². The number of hydrogen-bond acceptors (Lipinski definition) is 6. The molecule has 0 amide bonds. The van der Waals surface area contributed by atoms with Crippen molar-refractivity contribution >= 4 is 22.5 Å². The number of benzene rings is 1. The van der Waals surface area contributed by atoms with E-state index < -0.39 is 24.1 Å². The van der Waals surface area contributed by atoms with E-state index in [1.807, 2.05) is 0 Å². The van der Waals surface area contributed by atoms with Gasteiger partial charge in [-0.2, -0.15) is 23.4 Å². The van der Waals surface area contributed by atoms with Gasteiger partial charge in [-0.3, -0.25) is 4.68 Å². The van der Waals surface area contributed by atoms with E-state index >= 15 is 0 Å². The van der Waals surface area contributed by atoms with Gasteiger partial charge < -0.3 is 5.32 Å². The molecule has 1 aromatic carbocycles. The molecule has 2 unspecified atom stereocenters. The van der Waals surface area contributed by atoms with Crippen LogP contribution in [0.2, 0.25) is 0 Å². The molecule has 5 heterocycles. The summed E-state index contributed by atoms with van der Waals surface area (Å²) in [6.45, 7) is 0. The van der Waals surface area contributed by atoms with Gasteiger partial charge in [0.1, 0.15) is 23.7 Å². The largest absolute Gasteiger partial charge is 0.410 e. The fourth-order valence-electron chi connectivity index (χ4n) is 4.14. The van der Waals surface area contributed by atoms with Gasteiger partial charge in [0, 0.05) is 19.5 Å². The second-order valence-corrected chi connectivity index (χ2v) is 7.85. The van der Waals surface area contributed by atoms with Crippen molar-refractivity contribution in [3.63, 3.8) is 0 Å². The second-order valence-electron chi connectivity index (χ2n) is 7.85. The highest BCUT2D eigenvalue weighted by Gasteiger charge is 2.46. The Morgan fingerprint density at radius 2 is 1.88 bits per heavy atom. The van der Waals surface area contributed by atoms with Crippen molar-refractivity contribution in [1.29, 1.82) is 0 Å². The van der Waals surface area contributed by atoms with Gasteiger partial charge in [0.15, 0.2) is 17.3 Å². The van der Waals surface area contributed by atoms with Crippen LogP contribution in [0.5, 0.6) is 0 Å². The summed E-state index contributed by atoms with van der Waals surface area (Å²) in [5.41, 5.74) is 1.81. The van der Waals surface area contributed by atoms with Crippen LogP contribution in [-0.2, 0) is 7.05 Å². The maximum Gasteiger partial charge on any atom is 0.410 e. The van der Waals surface area contributed by atoms with Crippen molar-refractivity contribution in [3.8, 4) is 11.5 Å². The van der Waals surface area contributed by atoms with E-state index in [0.717, 1.165) is 4.68 Å². The lowest BCUT2D eigenvalue weighted by Gasteiger charge is -2.33. The summed E-state index contributed by atoms with van der Waals surface area (Å²) in [5, 5.41) is 16.4. The van der Waals surface area contributed by atoms with Crippen LogP contribution in [0, 0.1) is 5.82 Å². The molecule has 0 aliphatic carbocycles. The zero-order valence-corrected chi connectivity index (χ0v) is 17.0. The first-order valence-electron chi connectivity index (χ1n) is 9.99. The summed E-state index contributed by atoms with van der Waals surface area (Å²) in [5.74, 6) is -0.114. The molecule has 4 aromatic heterocycles. The molecular weight excluding hydrogens is 442 g/mol. The lowest BCUT2D eigenvalue weighted by atomic mass is 9.97. The molecule has 9 nitrogen and oxygen atoms in total. The molecule has 6 rings (SSSR count). The first kappa shape index (κ1) is 19.6. The van der Waals surface area contributed by atoms with Gasteiger partial charge in [0.2, 0.25) is 5.82 Å². The Kier molecular flexibility index (Phi) is 4.01. The number of aryl methyl sites for hydroxylation is 1. The minimum atomic E-state index is -4.53. The number of fused-ring (bicyclic) bond motifs is 4. The maximum atomic E-state index is 13.9. The molecule has 33 heavy (non-hydrogen) atoms. The summed E-state index contributed by atoms with van der Waals surface area (Å²) in [6, 6.07) is 4.36. The zero-order valence-electron chi connectivity index (χ0n) is 17.0. The van der Waals surface area contributed by atoms with Crippen LogP contribution in [-0.4, -0.2) is 45.3 Å². The normalized spacial score (nSPS) is 18.6. The standard InChI is InChI=1S/C20H15F4N9/c1-31-18-12(8-26-31)19-28-17(30-32(19)9-25-18)14-7-16-27-13(10-2-4-11(21)5-3-10)6-15(20(22,23)24)33(16)29-14/h2-5,7-9,13,15,27H,6H2,1H3. The lowest BCUT2D eigenvalue weighted by Crippen LogP contribution is -2.35. The monoisotopic (exact) mass is 457 g/mol. The maximum absolute atomic E-state index is 13.9. The number of hydrogen-bond donors (Lipinski definition) is 1. The number of aromatic nitrogens is 8. The summed E-state index contributed by atoms with van der Waals surface area (Å²) in [4.78, 5) is 8.76. The predicted molar refractivity (Wildman–Crippen MR) is 109 cm³/mol. The molecular formula is C20H15F4N9. The molecule has 5 aromatic rings. The Balaban J connectivity index is 1.44. The molecule has 1 aliphatic rings. The van der Waals surface area contributed by atoms with Gasteiger partial charge in [-0.05, 0) is 17.7 Å². The third-order valence-electron chi connectivity index (χ3n) is 5.76. The number of nitrogens with zero attached hydrogens (tertiary/aromatic N) is 8. The van der Waals surface area contributed by atoms with Crippen LogP contribution < -0.4 is 5.32 Å². The topological polar surface area (TPSA) is 90.8 Å². The van der Waals surface area contributed by atoms with Crippen molar-refractivity contribution < 1.29 is 17.6 Å². The number of nitrogens with one attached hydrogen (secondary N) is 1. The molecule has 168 valence electrons. The first-order chi connectivity index (χ1) is 15.8.